The highest BCUT2D eigenvalue weighted by molar-refractivity contribution is 9.10. The minimum Gasteiger partial charge on any atom is -0.380 e. The summed E-state index contributed by atoms with van der Waals surface area (Å²) in [6.45, 7) is 2.09. The molecule has 0 spiro atoms. The van der Waals surface area contributed by atoms with Gasteiger partial charge in [0, 0.05) is 24.7 Å². The minimum absolute atomic E-state index is 0.0789. The average Bonchev–Trinajstić information content (AvgIpc) is 2.40. The van der Waals surface area contributed by atoms with Crippen molar-refractivity contribution in [2.24, 2.45) is 0 Å². The Balaban J connectivity index is 2.06. The highest BCUT2D eigenvalue weighted by atomic mass is 79.9. The van der Waals surface area contributed by atoms with E-state index in [1.165, 1.54) is 5.57 Å². The van der Waals surface area contributed by atoms with E-state index in [1.54, 1.807) is 7.11 Å². The molecule has 0 atom stereocenters. The number of halogens is 1. The lowest BCUT2D eigenvalue weighted by Gasteiger charge is -2.26. The van der Waals surface area contributed by atoms with E-state index in [2.05, 4.69) is 22.0 Å². The van der Waals surface area contributed by atoms with Gasteiger partial charge in [-0.15, -0.1) is 0 Å². The van der Waals surface area contributed by atoms with Gasteiger partial charge in [0.2, 0.25) is 0 Å². The molecule has 96 valence electrons. The maximum absolute atomic E-state index is 12.3. The molecular weight excluding hydrogens is 294 g/mol. The molecule has 2 rings (SSSR count). The Morgan fingerprint density at radius 1 is 1.44 bits per heavy atom. The maximum atomic E-state index is 12.3. The molecule has 0 fully saturated rings. The molecule has 0 aliphatic carbocycles. The molecule has 1 aliphatic rings. The highest BCUT2D eigenvalue weighted by Gasteiger charge is 2.19. The normalized spacial score (nSPS) is 15.4. The molecular formula is C14H16BrNO2. The predicted octanol–water partition coefficient (Wildman–Crippen LogP) is 2.87. The molecule has 3 nitrogen and oxygen atoms in total. The number of carbonyl (C=O) groups is 1. The quantitative estimate of drug-likeness (QED) is 0.804. The smallest absolute Gasteiger partial charge is 0.255 e. The molecule has 0 saturated heterocycles. The number of benzene rings is 1. The fourth-order valence-electron chi connectivity index (χ4n) is 2.02. The molecule has 4 heteroatoms. The van der Waals surface area contributed by atoms with Crippen LogP contribution in [0.3, 0.4) is 0 Å². The van der Waals surface area contributed by atoms with Crippen LogP contribution >= 0.6 is 15.9 Å². The van der Waals surface area contributed by atoms with Gasteiger partial charge >= 0.3 is 0 Å². The van der Waals surface area contributed by atoms with E-state index in [-0.39, 0.29) is 5.91 Å². The van der Waals surface area contributed by atoms with Crippen LogP contribution in [0.1, 0.15) is 16.8 Å². The highest BCUT2D eigenvalue weighted by Crippen LogP contribution is 2.20. The number of carbonyl (C=O) groups excluding carboxylic acids is 1. The van der Waals surface area contributed by atoms with Crippen molar-refractivity contribution in [3.8, 4) is 0 Å². The number of ether oxygens (including phenoxy) is 1. The van der Waals surface area contributed by atoms with Crippen LogP contribution < -0.4 is 0 Å². The van der Waals surface area contributed by atoms with Crippen LogP contribution in [0.15, 0.2) is 40.4 Å². The van der Waals surface area contributed by atoms with Crippen molar-refractivity contribution in [3.05, 3.63) is 46.0 Å². The Morgan fingerprint density at radius 2 is 2.22 bits per heavy atom. The van der Waals surface area contributed by atoms with Crippen LogP contribution in [-0.2, 0) is 4.74 Å². The Labute approximate surface area is 116 Å². The number of rotatable bonds is 3. The summed E-state index contributed by atoms with van der Waals surface area (Å²) in [5, 5.41) is 0. The van der Waals surface area contributed by atoms with Gasteiger partial charge in [0.1, 0.15) is 0 Å². The van der Waals surface area contributed by atoms with Crippen LogP contribution in [0.4, 0.5) is 0 Å². The van der Waals surface area contributed by atoms with E-state index in [0.29, 0.717) is 13.2 Å². The summed E-state index contributed by atoms with van der Waals surface area (Å²) < 4.78 is 5.95. The lowest BCUT2D eigenvalue weighted by atomic mass is 10.1. The van der Waals surface area contributed by atoms with E-state index >= 15 is 0 Å². The number of nitrogens with zero attached hydrogens (tertiary/aromatic N) is 1. The lowest BCUT2D eigenvalue weighted by Crippen LogP contribution is -2.35. The first-order valence-electron chi connectivity index (χ1n) is 5.93. The first kappa shape index (κ1) is 13.3. The van der Waals surface area contributed by atoms with Crippen molar-refractivity contribution in [1.82, 2.24) is 4.90 Å². The van der Waals surface area contributed by atoms with Gasteiger partial charge in [-0.3, -0.25) is 4.79 Å². The van der Waals surface area contributed by atoms with Gasteiger partial charge in [0.05, 0.1) is 12.2 Å². The van der Waals surface area contributed by atoms with Crippen molar-refractivity contribution in [2.75, 3.05) is 26.8 Å². The molecule has 0 radical (unpaired) electrons. The molecule has 0 N–H and O–H groups in total. The Kier molecular flexibility index (Phi) is 4.55. The van der Waals surface area contributed by atoms with E-state index in [1.807, 2.05) is 29.2 Å². The minimum atomic E-state index is 0.0789. The third kappa shape index (κ3) is 3.00. The van der Waals surface area contributed by atoms with Crippen molar-refractivity contribution < 1.29 is 9.53 Å². The standard InChI is InChI=1S/C14H16BrNO2/c1-18-10-11-6-8-16(9-7-11)14(17)12-4-2-3-5-13(12)15/h2-6H,7-10H2,1H3. The van der Waals surface area contributed by atoms with Crippen molar-refractivity contribution in [2.45, 2.75) is 6.42 Å². The van der Waals surface area contributed by atoms with Crippen LogP contribution in [-0.4, -0.2) is 37.6 Å². The fraction of sp³-hybridized carbons (Fsp3) is 0.357. The van der Waals surface area contributed by atoms with Crippen molar-refractivity contribution in [3.63, 3.8) is 0 Å². The van der Waals surface area contributed by atoms with Crippen molar-refractivity contribution >= 4 is 21.8 Å². The molecule has 1 aromatic rings. The summed E-state index contributed by atoms with van der Waals surface area (Å²) in [4.78, 5) is 14.2. The third-order valence-corrected chi connectivity index (χ3v) is 3.72. The lowest BCUT2D eigenvalue weighted by molar-refractivity contribution is 0.0764. The second kappa shape index (κ2) is 6.16. The molecule has 0 saturated carbocycles. The number of hydrogen-bond acceptors (Lipinski definition) is 2. The third-order valence-electron chi connectivity index (χ3n) is 3.02. The summed E-state index contributed by atoms with van der Waals surface area (Å²) in [6.07, 6.45) is 2.98. The van der Waals surface area contributed by atoms with Gasteiger partial charge in [0.15, 0.2) is 0 Å². The molecule has 18 heavy (non-hydrogen) atoms. The predicted molar refractivity (Wildman–Crippen MR) is 74.6 cm³/mol. The fourth-order valence-corrected chi connectivity index (χ4v) is 2.47. The second-order valence-corrected chi connectivity index (χ2v) is 5.13. The molecule has 1 heterocycles. The van der Waals surface area contributed by atoms with Crippen LogP contribution in [0.2, 0.25) is 0 Å². The zero-order valence-electron chi connectivity index (χ0n) is 10.4. The van der Waals surface area contributed by atoms with E-state index in [4.69, 9.17) is 4.74 Å². The van der Waals surface area contributed by atoms with Crippen LogP contribution in [0.5, 0.6) is 0 Å². The van der Waals surface area contributed by atoms with Gasteiger partial charge < -0.3 is 9.64 Å². The average molecular weight is 310 g/mol. The van der Waals surface area contributed by atoms with Gasteiger partial charge in [0.25, 0.3) is 5.91 Å². The number of amides is 1. The first-order valence-corrected chi connectivity index (χ1v) is 6.72. The zero-order chi connectivity index (χ0) is 13.0. The Bertz CT molecular complexity index is 471. The maximum Gasteiger partial charge on any atom is 0.255 e. The number of hydrogen-bond donors (Lipinski definition) is 0. The van der Waals surface area contributed by atoms with Gasteiger partial charge in [-0.05, 0) is 40.1 Å². The van der Waals surface area contributed by atoms with E-state index in [0.717, 1.165) is 23.0 Å². The second-order valence-electron chi connectivity index (χ2n) is 4.28. The monoisotopic (exact) mass is 309 g/mol. The van der Waals surface area contributed by atoms with Gasteiger partial charge in [-0.25, -0.2) is 0 Å². The summed E-state index contributed by atoms with van der Waals surface area (Å²) in [5.74, 6) is 0.0789. The Hall–Kier alpha value is -1.13. The zero-order valence-corrected chi connectivity index (χ0v) is 11.9. The topological polar surface area (TPSA) is 29.5 Å². The van der Waals surface area contributed by atoms with Crippen LogP contribution in [0.25, 0.3) is 0 Å². The summed E-state index contributed by atoms with van der Waals surface area (Å²) in [6, 6.07) is 7.53. The molecule has 0 aromatic heterocycles. The van der Waals surface area contributed by atoms with Crippen molar-refractivity contribution in [1.29, 1.82) is 0 Å². The van der Waals surface area contributed by atoms with E-state index < -0.39 is 0 Å². The molecule has 1 amide bonds. The summed E-state index contributed by atoms with van der Waals surface area (Å²) in [5.41, 5.74) is 2.00. The molecule has 1 aliphatic heterocycles. The summed E-state index contributed by atoms with van der Waals surface area (Å²) >= 11 is 3.42. The molecule has 0 bridgehead atoms. The largest absolute Gasteiger partial charge is 0.380 e. The number of methoxy groups -OCH3 is 1. The summed E-state index contributed by atoms with van der Waals surface area (Å²) in [7, 11) is 1.69. The molecule has 1 aromatic carbocycles. The van der Waals surface area contributed by atoms with Crippen LogP contribution in [0, 0.1) is 0 Å². The van der Waals surface area contributed by atoms with Gasteiger partial charge in [-0.1, -0.05) is 18.2 Å². The molecule has 0 unspecified atom stereocenters. The Morgan fingerprint density at radius 3 is 2.83 bits per heavy atom. The van der Waals surface area contributed by atoms with E-state index in [9.17, 15) is 4.79 Å². The first-order chi connectivity index (χ1) is 8.72. The SMILES string of the molecule is COCC1=CCN(C(=O)c2ccccc2Br)CC1. The van der Waals surface area contributed by atoms with Gasteiger partial charge in [-0.2, -0.15) is 0 Å².